The summed E-state index contributed by atoms with van der Waals surface area (Å²) in [5, 5.41) is 4.02. The Morgan fingerprint density at radius 3 is 2.69 bits per heavy atom. The molecule has 0 aliphatic carbocycles. The minimum Gasteiger partial charge on any atom is -0.339 e. The second-order valence-corrected chi connectivity index (χ2v) is 7.15. The molecule has 2 aromatic rings. The number of hydrogen-bond donors (Lipinski definition) is 1. The topological polar surface area (TPSA) is 32.3 Å². The Kier molecular flexibility index (Phi) is 6.64. The summed E-state index contributed by atoms with van der Waals surface area (Å²) in [5.41, 5.74) is 1.86. The van der Waals surface area contributed by atoms with Gasteiger partial charge in [0.05, 0.1) is 0 Å². The number of amides is 1. The first-order valence-corrected chi connectivity index (χ1v) is 9.49. The highest BCUT2D eigenvalue weighted by atomic mass is 35.5. The average Bonchev–Trinajstić information content (AvgIpc) is 2.99. The van der Waals surface area contributed by atoms with Gasteiger partial charge in [-0.1, -0.05) is 41.9 Å². The number of halogens is 2. The second-order valence-electron chi connectivity index (χ2n) is 6.71. The minimum atomic E-state index is -0.180. The van der Waals surface area contributed by atoms with E-state index in [9.17, 15) is 9.18 Å². The summed E-state index contributed by atoms with van der Waals surface area (Å²) in [6.07, 6.45) is 3.25. The van der Waals surface area contributed by atoms with Gasteiger partial charge in [0.15, 0.2) is 0 Å². The highest BCUT2D eigenvalue weighted by molar-refractivity contribution is 6.30. The Balaban J connectivity index is 1.45. The van der Waals surface area contributed by atoms with Crippen molar-refractivity contribution < 1.29 is 9.18 Å². The van der Waals surface area contributed by atoms with E-state index in [2.05, 4.69) is 5.32 Å². The first kappa shape index (κ1) is 18.9. The number of hydrogen-bond acceptors (Lipinski definition) is 2. The van der Waals surface area contributed by atoms with Gasteiger partial charge in [0.1, 0.15) is 5.82 Å². The quantitative estimate of drug-likeness (QED) is 0.702. The van der Waals surface area contributed by atoms with Crippen LogP contribution in [-0.4, -0.2) is 29.9 Å². The van der Waals surface area contributed by atoms with Crippen LogP contribution in [0.15, 0.2) is 48.5 Å². The maximum Gasteiger partial charge on any atom is 0.222 e. The Labute approximate surface area is 159 Å². The third-order valence-corrected chi connectivity index (χ3v) is 5.19. The van der Waals surface area contributed by atoms with Crippen LogP contribution in [0.4, 0.5) is 4.39 Å². The van der Waals surface area contributed by atoms with Crippen LogP contribution in [0.3, 0.4) is 0 Å². The second kappa shape index (κ2) is 9.15. The molecular weight excluding hydrogens is 351 g/mol. The van der Waals surface area contributed by atoms with Gasteiger partial charge in [-0.05, 0) is 49.6 Å². The van der Waals surface area contributed by atoms with E-state index in [-0.39, 0.29) is 17.8 Å². The molecule has 1 saturated heterocycles. The van der Waals surface area contributed by atoms with Gasteiger partial charge in [0.2, 0.25) is 5.91 Å². The molecule has 138 valence electrons. The fourth-order valence-corrected chi connectivity index (χ4v) is 3.56. The Morgan fingerprint density at radius 1 is 1.15 bits per heavy atom. The lowest BCUT2D eigenvalue weighted by atomic mass is 10.1. The maximum atomic E-state index is 13.6. The predicted molar refractivity (Wildman–Crippen MR) is 103 cm³/mol. The number of likely N-dealkylation sites (tertiary alicyclic amines) is 1. The molecule has 0 spiro atoms. The van der Waals surface area contributed by atoms with Gasteiger partial charge in [-0.15, -0.1) is 0 Å². The fraction of sp³-hybridized carbons (Fsp3) is 0.381. The molecule has 0 bridgehead atoms. The van der Waals surface area contributed by atoms with E-state index >= 15 is 0 Å². The molecule has 1 aliphatic heterocycles. The molecular formula is C21H24ClFN2O. The van der Waals surface area contributed by atoms with Crippen molar-refractivity contribution in [2.75, 3.05) is 13.1 Å². The van der Waals surface area contributed by atoms with E-state index in [0.717, 1.165) is 37.4 Å². The zero-order chi connectivity index (χ0) is 18.4. The van der Waals surface area contributed by atoms with Crippen molar-refractivity contribution in [1.29, 1.82) is 0 Å². The van der Waals surface area contributed by atoms with Gasteiger partial charge in [-0.2, -0.15) is 0 Å². The number of nitrogens with zero attached hydrogens (tertiary/aromatic N) is 1. The standard InChI is InChI=1S/C21H24ClFN2O/c22-18-7-5-16(6-8-18)12-14-25-19(9-10-21(25)26)11-13-24-15-17-3-1-2-4-20(17)23/h1-8,19,24H,9-15H2/t19-/m1/s1. The molecule has 0 unspecified atom stereocenters. The van der Waals surface area contributed by atoms with E-state index < -0.39 is 0 Å². The van der Waals surface area contributed by atoms with Crippen LogP contribution in [-0.2, 0) is 17.8 Å². The van der Waals surface area contributed by atoms with Crippen LogP contribution in [0, 0.1) is 5.82 Å². The van der Waals surface area contributed by atoms with E-state index in [0.29, 0.717) is 18.5 Å². The summed E-state index contributed by atoms with van der Waals surface area (Å²) in [4.78, 5) is 14.2. The normalized spacial score (nSPS) is 17.1. The Bertz CT molecular complexity index is 735. The first-order chi connectivity index (χ1) is 12.6. The Hall–Kier alpha value is -1.91. The fourth-order valence-electron chi connectivity index (χ4n) is 3.43. The zero-order valence-electron chi connectivity index (χ0n) is 14.8. The lowest BCUT2D eigenvalue weighted by Crippen LogP contribution is -2.36. The summed E-state index contributed by atoms with van der Waals surface area (Å²) in [5.74, 6) is 0.0544. The molecule has 1 atom stereocenters. The van der Waals surface area contributed by atoms with Gasteiger partial charge in [-0.25, -0.2) is 4.39 Å². The maximum absolute atomic E-state index is 13.6. The van der Waals surface area contributed by atoms with Crippen molar-refractivity contribution in [3.8, 4) is 0 Å². The van der Waals surface area contributed by atoms with Gasteiger partial charge >= 0.3 is 0 Å². The lowest BCUT2D eigenvalue weighted by molar-refractivity contribution is -0.129. The zero-order valence-corrected chi connectivity index (χ0v) is 15.5. The smallest absolute Gasteiger partial charge is 0.222 e. The number of carbonyl (C=O) groups excluding carboxylic acids is 1. The molecule has 26 heavy (non-hydrogen) atoms. The van der Waals surface area contributed by atoms with Crippen LogP contribution < -0.4 is 5.32 Å². The van der Waals surface area contributed by atoms with Crippen LogP contribution in [0.1, 0.15) is 30.4 Å². The molecule has 3 rings (SSSR count). The molecule has 0 saturated carbocycles. The highest BCUT2D eigenvalue weighted by Gasteiger charge is 2.29. The first-order valence-electron chi connectivity index (χ1n) is 9.11. The number of rotatable bonds is 8. The summed E-state index contributed by atoms with van der Waals surface area (Å²) >= 11 is 5.92. The molecule has 0 radical (unpaired) electrons. The molecule has 3 nitrogen and oxygen atoms in total. The predicted octanol–water partition coefficient (Wildman–Crippen LogP) is 4.19. The van der Waals surface area contributed by atoms with Crippen molar-refractivity contribution in [3.05, 3.63) is 70.5 Å². The van der Waals surface area contributed by atoms with Gasteiger partial charge in [0, 0.05) is 36.1 Å². The molecule has 5 heteroatoms. The van der Waals surface area contributed by atoms with Crippen LogP contribution in [0.5, 0.6) is 0 Å². The van der Waals surface area contributed by atoms with E-state index in [1.165, 1.54) is 11.6 Å². The number of carbonyl (C=O) groups is 1. The molecule has 2 aromatic carbocycles. The third-order valence-electron chi connectivity index (χ3n) is 4.93. The van der Waals surface area contributed by atoms with Crippen LogP contribution in [0.2, 0.25) is 5.02 Å². The van der Waals surface area contributed by atoms with E-state index in [1.807, 2.05) is 35.2 Å². The summed E-state index contributed by atoms with van der Waals surface area (Å²) < 4.78 is 13.6. The largest absolute Gasteiger partial charge is 0.339 e. The van der Waals surface area contributed by atoms with Crippen molar-refractivity contribution in [3.63, 3.8) is 0 Å². The minimum absolute atomic E-state index is 0.180. The van der Waals surface area contributed by atoms with E-state index in [4.69, 9.17) is 11.6 Å². The number of nitrogens with one attached hydrogen (secondary N) is 1. The third kappa shape index (κ3) is 5.05. The molecule has 1 aliphatic rings. The average molecular weight is 375 g/mol. The van der Waals surface area contributed by atoms with Crippen molar-refractivity contribution in [1.82, 2.24) is 10.2 Å². The van der Waals surface area contributed by atoms with Crippen molar-refractivity contribution in [2.45, 2.75) is 38.3 Å². The van der Waals surface area contributed by atoms with Crippen LogP contribution in [0.25, 0.3) is 0 Å². The highest BCUT2D eigenvalue weighted by Crippen LogP contribution is 2.22. The monoisotopic (exact) mass is 374 g/mol. The molecule has 1 heterocycles. The summed E-state index contributed by atoms with van der Waals surface area (Å²) in [6, 6.07) is 14.9. The van der Waals surface area contributed by atoms with Gasteiger partial charge in [-0.3, -0.25) is 4.79 Å². The van der Waals surface area contributed by atoms with Gasteiger partial charge in [0.25, 0.3) is 0 Å². The molecule has 1 N–H and O–H groups in total. The van der Waals surface area contributed by atoms with E-state index in [1.54, 1.807) is 12.1 Å². The van der Waals surface area contributed by atoms with Gasteiger partial charge < -0.3 is 10.2 Å². The Morgan fingerprint density at radius 2 is 1.92 bits per heavy atom. The lowest BCUT2D eigenvalue weighted by Gasteiger charge is -2.25. The molecule has 1 fully saturated rings. The summed E-state index contributed by atoms with van der Waals surface area (Å²) in [7, 11) is 0. The summed E-state index contributed by atoms with van der Waals surface area (Å²) in [6.45, 7) is 2.01. The van der Waals surface area contributed by atoms with Crippen molar-refractivity contribution >= 4 is 17.5 Å². The van der Waals surface area contributed by atoms with Crippen LogP contribution >= 0.6 is 11.6 Å². The molecule has 0 aromatic heterocycles. The SMILES string of the molecule is O=C1CC[C@H](CCNCc2ccccc2F)N1CCc1ccc(Cl)cc1. The molecule has 1 amide bonds. The van der Waals surface area contributed by atoms with Crippen molar-refractivity contribution in [2.24, 2.45) is 0 Å². The number of benzene rings is 2.